The fourth-order valence-electron chi connectivity index (χ4n) is 1.20. The van der Waals surface area contributed by atoms with Gasteiger partial charge in [0.05, 0.1) is 19.5 Å². The highest BCUT2D eigenvalue weighted by Gasteiger charge is 2.06. The van der Waals surface area contributed by atoms with E-state index in [1.54, 1.807) is 14.0 Å². The third kappa shape index (κ3) is 5.10. The van der Waals surface area contributed by atoms with Gasteiger partial charge in [0.2, 0.25) is 5.91 Å². The highest BCUT2D eigenvalue weighted by atomic mass is 32.2. The van der Waals surface area contributed by atoms with Gasteiger partial charge >= 0.3 is 0 Å². The molecule has 4 nitrogen and oxygen atoms in total. The Hall–Kier alpha value is -1.20. The van der Waals surface area contributed by atoms with Crippen molar-refractivity contribution in [3.8, 4) is 5.75 Å². The highest BCUT2D eigenvalue weighted by molar-refractivity contribution is 8.00. The molecule has 0 saturated heterocycles. The molecule has 1 unspecified atom stereocenters. The predicted octanol–water partition coefficient (Wildman–Crippen LogP) is 1.28. The van der Waals surface area contributed by atoms with Crippen LogP contribution in [0.5, 0.6) is 5.75 Å². The van der Waals surface area contributed by atoms with E-state index in [2.05, 4.69) is 5.32 Å². The molecule has 1 amide bonds. The number of hydrogen-bond donors (Lipinski definition) is 2. The van der Waals surface area contributed by atoms with Crippen LogP contribution in [0, 0.1) is 0 Å². The Bertz CT molecular complexity index is 371. The van der Waals surface area contributed by atoms with E-state index in [4.69, 9.17) is 9.84 Å². The number of aliphatic hydroxyl groups excluding tert-OH is 1. The van der Waals surface area contributed by atoms with Gasteiger partial charge in [0.1, 0.15) is 5.75 Å². The van der Waals surface area contributed by atoms with Gasteiger partial charge in [-0.1, -0.05) is 6.07 Å². The number of benzene rings is 1. The molecule has 0 heterocycles. The Balaban J connectivity index is 2.41. The minimum Gasteiger partial charge on any atom is -0.497 e. The third-order valence-corrected chi connectivity index (χ3v) is 3.09. The zero-order valence-electron chi connectivity index (χ0n) is 9.97. The molecule has 2 N–H and O–H groups in total. The summed E-state index contributed by atoms with van der Waals surface area (Å²) in [4.78, 5) is 12.4. The number of carbonyl (C=O) groups is 1. The second-order valence-corrected chi connectivity index (χ2v) is 4.67. The molecular formula is C12H17NO3S. The monoisotopic (exact) mass is 255 g/mol. The molecule has 1 atom stereocenters. The van der Waals surface area contributed by atoms with Gasteiger partial charge in [-0.15, -0.1) is 11.8 Å². The smallest absolute Gasteiger partial charge is 0.230 e. The van der Waals surface area contributed by atoms with Crippen LogP contribution in [0.15, 0.2) is 29.2 Å². The second kappa shape index (κ2) is 7.19. The van der Waals surface area contributed by atoms with Crippen LogP contribution in [0.3, 0.4) is 0 Å². The number of rotatable bonds is 6. The SMILES string of the molecule is COc1cccc(SCC(=O)NC(C)CO)c1. The van der Waals surface area contributed by atoms with Gasteiger partial charge in [-0.2, -0.15) is 0 Å². The molecule has 1 rings (SSSR count). The maximum Gasteiger partial charge on any atom is 0.230 e. The van der Waals surface area contributed by atoms with Gasteiger partial charge in [0.15, 0.2) is 0 Å². The lowest BCUT2D eigenvalue weighted by Gasteiger charge is -2.10. The number of methoxy groups -OCH3 is 1. The molecule has 17 heavy (non-hydrogen) atoms. The summed E-state index contributed by atoms with van der Waals surface area (Å²) in [6.07, 6.45) is 0. The van der Waals surface area contributed by atoms with Gasteiger partial charge in [0.25, 0.3) is 0 Å². The number of ether oxygens (including phenoxy) is 1. The Morgan fingerprint density at radius 1 is 1.59 bits per heavy atom. The van der Waals surface area contributed by atoms with Crippen molar-refractivity contribution in [3.05, 3.63) is 24.3 Å². The lowest BCUT2D eigenvalue weighted by atomic mass is 10.3. The summed E-state index contributed by atoms with van der Waals surface area (Å²) in [6.45, 7) is 1.71. The van der Waals surface area contributed by atoms with E-state index >= 15 is 0 Å². The second-order valence-electron chi connectivity index (χ2n) is 3.62. The van der Waals surface area contributed by atoms with Crippen molar-refractivity contribution >= 4 is 17.7 Å². The maximum absolute atomic E-state index is 11.5. The van der Waals surface area contributed by atoms with E-state index in [9.17, 15) is 4.79 Å². The minimum absolute atomic E-state index is 0.0461. The van der Waals surface area contributed by atoms with Crippen molar-refractivity contribution in [1.29, 1.82) is 0 Å². The zero-order chi connectivity index (χ0) is 12.7. The molecular weight excluding hydrogens is 238 g/mol. The fourth-order valence-corrected chi connectivity index (χ4v) is 1.96. The zero-order valence-corrected chi connectivity index (χ0v) is 10.8. The summed E-state index contributed by atoms with van der Waals surface area (Å²) in [5.41, 5.74) is 0. The van der Waals surface area contributed by atoms with Crippen LogP contribution in [-0.4, -0.2) is 36.5 Å². The van der Waals surface area contributed by atoms with Gasteiger partial charge < -0.3 is 15.2 Å². The molecule has 0 aliphatic carbocycles. The Morgan fingerprint density at radius 3 is 3.00 bits per heavy atom. The molecule has 0 aromatic heterocycles. The quantitative estimate of drug-likeness (QED) is 0.752. The predicted molar refractivity (Wildman–Crippen MR) is 68.4 cm³/mol. The molecule has 0 aliphatic rings. The van der Waals surface area contributed by atoms with E-state index in [-0.39, 0.29) is 18.6 Å². The average Bonchev–Trinajstić information content (AvgIpc) is 2.36. The molecule has 0 spiro atoms. The maximum atomic E-state index is 11.5. The topological polar surface area (TPSA) is 58.6 Å². The van der Waals surface area contributed by atoms with Crippen LogP contribution >= 0.6 is 11.8 Å². The largest absolute Gasteiger partial charge is 0.497 e. The Kier molecular flexibility index (Phi) is 5.86. The van der Waals surface area contributed by atoms with Gasteiger partial charge in [0, 0.05) is 10.9 Å². The van der Waals surface area contributed by atoms with Crippen molar-refractivity contribution in [3.63, 3.8) is 0 Å². The molecule has 0 fully saturated rings. The molecule has 1 aromatic carbocycles. The molecule has 94 valence electrons. The van der Waals surface area contributed by atoms with E-state index in [1.807, 2.05) is 24.3 Å². The Labute approximate surface area is 105 Å². The summed E-state index contributed by atoms with van der Waals surface area (Å²) < 4.78 is 5.10. The van der Waals surface area contributed by atoms with Gasteiger partial charge in [-0.3, -0.25) is 4.79 Å². The van der Waals surface area contributed by atoms with Crippen LogP contribution in [0.1, 0.15) is 6.92 Å². The van der Waals surface area contributed by atoms with Gasteiger partial charge in [-0.05, 0) is 25.1 Å². The average molecular weight is 255 g/mol. The first-order valence-corrected chi connectivity index (χ1v) is 6.31. The van der Waals surface area contributed by atoms with Crippen molar-refractivity contribution in [2.45, 2.75) is 17.9 Å². The number of hydrogen-bond acceptors (Lipinski definition) is 4. The lowest BCUT2D eigenvalue weighted by molar-refractivity contribution is -0.119. The summed E-state index contributed by atoms with van der Waals surface area (Å²) in [7, 11) is 1.61. The normalized spacial score (nSPS) is 11.9. The highest BCUT2D eigenvalue weighted by Crippen LogP contribution is 2.22. The van der Waals surface area contributed by atoms with Crippen LogP contribution in [0.2, 0.25) is 0 Å². The van der Waals surface area contributed by atoms with Crippen LogP contribution in [0.25, 0.3) is 0 Å². The number of carbonyl (C=O) groups excluding carboxylic acids is 1. The molecule has 0 aliphatic heterocycles. The number of thioether (sulfide) groups is 1. The first kappa shape index (κ1) is 13.9. The van der Waals surface area contributed by atoms with Crippen molar-refractivity contribution in [2.24, 2.45) is 0 Å². The van der Waals surface area contributed by atoms with E-state index in [1.165, 1.54) is 11.8 Å². The first-order valence-electron chi connectivity index (χ1n) is 5.32. The third-order valence-electron chi connectivity index (χ3n) is 2.09. The molecule has 1 aromatic rings. The number of amides is 1. The van der Waals surface area contributed by atoms with E-state index < -0.39 is 0 Å². The van der Waals surface area contributed by atoms with Crippen molar-refractivity contribution < 1.29 is 14.6 Å². The van der Waals surface area contributed by atoms with E-state index in [0.29, 0.717) is 5.75 Å². The fraction of sp³-hybridized carbons (Fsp3) is 0.417. The molecule has 0 radical (unpaired) electrons. The molecule has 0 bridgehead atoms. The summed E-state index contributed by atoms with van der Waals surface area (Å²) in [5.74, 6) is 1.02. The van der Waals surface area contributed by atoms with E-state index in [0.717, 1.165) is 10.6 Å². The Morgan fingerprint density at radius 2 is 2.35 bits per heavy atom. The van der Waals surface area contributed by atoms with Gasteiger partial charge in [-0.25, -0.2) is 0 Å². The van der Waals surface area contributed by atoms with Crippen LogP contribution in [0.4, 0.5) is 0 Å². The minimum atomic E-state index is -0.201. The number of aliphatic hydroxyl groups is 1. The molecule has 5 heteroatoms. The van der Waals surface area contributed by atoms with Crippen LogP contribution < -0.4 is 10.1 Å². The summed E-state index contributed by atoms with van der Waals surface area (Å²) >= 11 is 1.44. The first-order chi connectivity index (χ1) is 8.15. The van der Waals surface area contributed by atoms with Crippen LogP contribution in [-0.2, 0) is 4.79 Å². The summed E-state index contributed by atoms with van der Waals surface area (Å²) in [6, 6.07) is 7.35. The van der Waals surface area contributed by atoms with Crippen molar-refractivity contribution in [1.82, 2.24) is 5.32 Å². The summed E-state index contributed by atoms with van der Waals surface area (Å²) in [5, 5.41) is 11.5. The van der Waals surface area contributed by atoms with Crippen molar-refractivity contribution in [2.75, 3.05) is 19.5 Å². The molecule has 0 saturated carbocycles. The number of nitrogens with one attached hydrogen (secondary N) is 1. The standard InChI is InChI=1S/C12H17NO3S/c1-9(7-14)13-12(15)8-17-11-5-3-4-10(6-11)16-2/h3-6,9,14H,7-8H2,1-2H3,(H,13,15). The lowest BCUT2D eigenvalue weighted by Crippen LogP contribution is -2.36.